The molecule has 2 aromatic heterocycles. The fraction of sp³-hybridized carbons (Fsp3) is 0.529. The highest BCUT2D eigenvalue weighted by molar-refractivity contribution is 7.09. The molecule has 0 radical (unpaired) electrons. The molecule has 0 spiro atoms. The smallest absolute Gasteiger partial charge is 0.128 e. The van der Waals surface area contributed by atoms with Gasteiger partial charge in [-0.2, -0.15) is 0 Å². The van der Waals surface area contributed by atoms with Crippen LogP contribution < -0.4 is 10.2 Å². The number of hydrogen-bond donors (Lipinski definition) is 1. The van der Waals surface area contributed by atoms with Crippen molar-refractivity contribution in [3.63, 3.8) is 0 Å². The van der Waals surface area contributed by atoms with Gasteiger partial charge in [0.1, 0.15) is 5.82 Å². The number of piperazine rings is 1. The number of rotatable bonds is 5. The largest absolute Gasteiger partial charge is 0.378 e. The Morgan fingerprint density at radius 1 is 1.22 bits per heavy atom. The number of nitrogens with zero attached hydrogens (tertiary/aromatic N) is 4. The second-order valence-corrected chi connectivity index (χ2v) is 7.27. The standard InChI is InChI=1S/C17H25N5S/c1-13(2)17-20-15(12-23-17)11-18-14-4-5-16(19-10-14)22-8-6-21(3)7-9-22/h4-5,10,12-13,18H,6-9,11H2,1-3H3. The molecule has 0 unspecified atom stereocenters. The predicted molar refractivity (Wildman–Crippen MR) is 97.5 cm³/mol. The summed E-state index contributed by atoms with van der Waals surface area (Å²) < 4.78 is 0. The minimum absolute atomic E-state index is 0.498. The molecule has 3 heterocycles. The van der Waals surface area contributed by atoms with Gasteiger partial charge < -0.3 is 15.1 Å². The summed E-state index contributed by atoms with van der Waals surface area (Å²) in [4.78, 5) is 13.9. The lowest BCUT2D eigenvalue weighted by molar-refractivity contribution is 0.312. The van der Waals surface area contributed by atoms with Crippen LogP contribution in [0.1, 0.15) is 30.5 Å². The normalized spacial score (nSPS) is 16.1. The number of pyridine rings is 1. The van der Waals surface area contributed by atoms with Gasteiger partial charge in [-0.05, 0) is 19.2 Å². The molecule has 2 aromatic rings. The van der Waals surface area contributed by atoms with Crippen LogP contribution in [0.2, 0.25) is 0 Å². The zero-order valence-corrected chi connectivity index (χ0v) is 14.9. The maximum atomic E-state index is 4.65. The van der Waals surface area contributed by atoms with Crippen molar-refractivity contribution in [3.05, 3.63) is 34.4 Å². The zero-order valence-electron chi connectivity index (χ0n) is 14.1. The molecule has 0 saturated carbocycles. The first-order chi connectivity index (χ1) is 11.1. The van der Waals surface area contributed by atoms with Gasteiger partial charge in [-0.25, -0.2) is 9.97 Å². The molecule has 0 atom stereocenters. The Kier molecular flexibility index (Phi) is 5.13. The van der Waals surface area contributed by atoms with Gasteiger partial charge in [0.15, 0.2) is 0 Å². The average Bonchev–Trinajstić information content (AvgIpc) is 3.04. The molecule has 0 bridgehead atoms. The van der Waals surface area contributed by atoms with E-state index in [9.17, 15) is 0 Å². The molecule has 0 aliphatic carbocycles. The first-order valence-electron chi connectivity index (χ1n) is 8.19. The molecule has 124 valence electrons. The predicted octanol–water partition coefficient (Wildman–Crippen LogP) is 3.03. The monoisotopic (exact) mass is 331 g/mol. The van der Waals surface area contributed by atoms with E-state index in [1.165, 1.54) is 5.01 Å². The topological polar surface area (TPSA) is 44.3 Å². The van der Waals surface area contributed by atoms with Crippen LogP contribution in [0.15, 0.2) is 23.7 Å². The van der Waals surface area contributed by atoms with Crippen LogP contribution in [0.4, 0.5) is 11.5 Å². The average molecular weight is 331 g/mol. The maximum Gasteiger partial charge on any atom is 0.128 e. The van der Waals surface area contributed by atoms with Crippen LogP contribution >= 0.6 is 11.3 Å². The molecular formula is C17H25N5S. The van der Waals surface area contributed by atoms with E-state index in [1.54, 1.807) is 11.3 Å². The van der Waals surface area contributed by atoms with Crippen LogP contribution in [0.25, 0.3) is 0 Å². The fourth-order valence-electron chi connectivity index (χ4n) is 2.57. The highest BCUT2D eigenvalue weighted by Crippen LogP contribution is 2.20. The first-order valence-corrected chi connectivity index (χ1v) is 9.07. The van der Waals surface area contributed by atoms with Crippen molar-refractivity contribution in [2.45, 2.75) is 26.3 Å². The Hall–Kier alpha value is -1.66. The van der Waals surface area contributed by atoms with Crippen molar-refractivity contribution < 1.29 is 0 Å². The lowest BCUT2D eigenvalue weighted by Gasteiger charge is -2.33. The molecule has 23 heavy (non-hydrogen) atoms. The third kappa shape index (κ3) is 4.20. The number of aromatic nitrogens is 2. The van der Waals surface area contributed by atoms with E-state index in [-0.39, 0.29) is 0 Å². The molecule has 0 amide bonds. The van der Waals surface area contributed by atoms with Crippen LogP contribution in [0.5, 0.6) is 0 Å². The van der Waals surface area contributed by atoms with Crippen molar-refractivity contribution in [2.75, 3.05) is 43.4 Å². The summed E-state index contributed by atoms with van der Waals surface area (Å²) in [6.45, 7) is 9.40. The second kappa shape index (κ2) is 7.27. The summed E-state index contributed by atoms with van der Waals surface area (Å²) >= 11 is 1.74. The van der Waals surface area contributed by atoms with Crippen molar-refractivity contribution in [1.82, 2.24) is 14.9 Å². The number of hydrogen-bond acceptors (Lipinski definition) is 6. The lowest BCUT2D eigenvalue weighted by atomic mass is 10.2. The Balaban J connectivity index is 1.54. The van der Waals surface area contributed by atoms with Crippen LogP contribution in [0, 0.1) is 0 Å². The van der Waals surface area contributed by atoms with Gasteiger partial charge in [0.2, 0.25) is 0 Å². The van der Waals surface area contributed by atoms with Gasteiger partial charge in [0.05, 0.1) is 29.1 Å². The van der Waals surface area contributed by atoms with Gasteiger partial charge in [0, 0.05) is 37.5 Å². The molecule has 1 aliphatic heterocycles. The summed E-state index contributed by atoms with van der Waals surface area (Å²) in [5.74, 6) is 1.57. The third-order valence-electron chi connectivity index (χ3n) is 4.11. The van der Waals surface area contributed by atoms with Crippen molar-refractivity contribution in [3.8, 4) is 0 Å². The number of anilines is 2. The van der Waals surface area contributed by atoms with Crippen molar-refractivity contribution in [2.24, 2.45) is 0 Å². The highest BCUT2D eigenvalue weighted by atomic mass is 32.1. The molecule has 0 aromatic carbocycles. The van der Waals surface area contributed by atoms with E-state index >= 15 is 0 Å². The number of nitrogens with one attached hydrogen (secondary N) is 1. The lowest BCUT2D eigenvalue weighted by Crippen LogP contribution is -2.44. The summed E-state index contributed by atoms with van der Waals surface area (Å²) in [5.41, 5.74) is 2.14. The van der Waals surface area contributed by atoms with Gasteiger partial charge in [-0.3, -0.25) is 0 Å². The molecule has 1 aliphatic rings. The molecule has 1 saturated heterocycles. The van der Waals surface area contributed by atoms with Crippen molar-refractivity contribution in [1.29, 1.82) is 0 Å². The number of likely N-dealkylation sites (N-methyl/N-ethyl adjacent to an activating group) is 1. The van der Waals surface area contributed by atoms with Crippen LogP contribution in [-0.4, -0.2) is 48.1 Å². The second-order valence-electron chi connectivity index (χ2n) is 6.38. The third-order valence-corrected chi connectivity index (χ3v) is 5.31. The van der Waals surface area contributed by atoms with E-state index in [2.05, 4.69) is 63.5 Å². The van der Waals surface area contributed by atoms with Crippen molar-refractivity contribution >= 4 is 22.8 Å². The maximum absolute atomic E-state index is 4.65. The van der Waals surface area contributed by atoms with Crippen LogP contribution in [-0.2, 0) is 6.54 Å². The molecule has 3 rings (SSSR count). The Bertz CT molecular complexity index is 614. The summed E-state index contributed by atoms with van der Waals surface area (Å²) in [5, 5.41) is 6.74. The van der Waals surface area contributed by atoms with Gasteiger partial charge in [-0.15, -0.1) is 11.3 Å². The van der Waals surface area contributed by atoms with E-state index in [0.717, 1.165) is 49.9 Å². The quantitative estimate of drug-likeness (QED) is 0.912. The summed E-state index contributed by atoms with van der Waals surface area (Å²) in [6, 6.07) is 4.21. The Morgan fingerprint density at radius 3 is 2.61 bits per heavy atom. The van der Waals surface area contributed by atoms with E-state index in [0.29, 0.717) is 5.92 Å². The first kappa shape index (κ1) is 16.2. The highest BCUT2D eigenvalue weighted by Gasteiger charge is 2.14. The molecule has 6 heteroatoms. The summed E-state index contributed by atoms with van der Waals surface area (Å²) in [7, 11) is 2.17. The number of thiazole rings is 1. The van der Waals surface area contributed by atoms with Crippen LogP contribution in [0.3, 0.4) is 0 Å². The minimum atomic E-state index is 0.498. The Labute approximate surface area is 142 Å². The van der Waals surface area contributed by atoms with E-state index in [4.69, 9.17) is 0 Å². The SMILES string of the molecule is CC(C)c1nc(CNc2ccc(N3CCN(C)CC3)nc2)cs1. The van der Waals surface area contributed by atoms with E-state index in [1.807, 2.05) is 6.20 Å². The van der Waals surface area contributed by atoms with Gasteiger partial charge in [0.25, 0.3) is 0 Å². The van der Waals surface area contributed by atoms with Gasteiger partial charge in [-0.1, -0.05) is 13.8 Å². The molecule has 1 fully saturated rings. The summed E-state index contributed by atoms with van der Waals surface area (Å²) in [6.07, 6.45) is 1.92. The molecule has 1 N–H and O–H groups in total. The fourth-order valence-corrected chi connectivity index (χ4v) is 3.41. The minimum Gasteiger partial charge on any atom is -0.378 e. The zero-order chi connectivity index (χ0) is 16.2. The van der Waals surface area contributed by atoms with E-state index < -0.39 is 0 Å². The molecular weight excluding hydrogens is 306 g/mol. The van der Waals surface area contributed by atoms with Gasteiger partial charge >= 0.3 is 0 Å². The Morgan fingerprint density at radius 2 is 2.00 bits per heavy atom. The molecule has 5 nitrogen and oxygen atoms in total.